The van der Waals surface area contributed by atoms with E-state index in [9.17, 15) is 4.79 Å². The molecule has 0 N–H and O–H groups in total. The van der Waals surface area contributed by atoms with E-state index in [1.807, 2.05) is 0 Å². The van der Waals surface area contributed by atoms with E-state index in [0.29, 0.717) is 13.7 Å². The van der Waals surface area contributed by atoms with Gasteiger partial charge in [0.25, 0.3) is 0 Å². The summed E-state index contributed by atoms with van der Waals surface area (Å²) in [6.45, 7) is 15.7. The number of carbonyl (C=O) groups is 1. The first-order chi connectivity index (χ1) is 6.05. The quantitative estimate of drug-likeness (QED) is 0.565. The Kier molecular flexibility index (Phi) is 5.02. The second-order valence-electron chi connectivity index (χ2n) is 5.88. The molecule has 5 heteroatoms. The van der Waals surface area contributed by atoms with Gasteiger partial charge in [0.15, 0.2) is 0 Å². The molecule has 0 amide bonds. The molecule has 1 unspecified atom stereocenters. The Balaban J connectivity index is 4.51. The van der Waals surface area contributed by atoms with Gasteiger partial charge in [-0.3, -0.25) is 4.79 Å². The summed E-state index contributed by atoms with van der Waals surface area (Å²) in [6, 6.07) is 0. The summed E-state index contributed by atoms with van der Waals surface area (Å²) in [4.78, 5) is 11.5. The van der Waals surface area contributed by atoms with Crippen molar-refractivity contribution in [2.45, 2.75) is 51.1 Å². The molecule has 0 bridgehead atoms. The number of hydrogen-bond acceptors (Lipinski definition) is 2. The maximum Gasteiger partial charge on any atom is 0.304 e. The van der Waals surface area contributed by atoms with Gasteiger partial charge in [-0.05, 0) is 0 Å². The summed E-state index contributed by atoms with van der Waals surface area (Å²) >= 11 is 0. The Morgan fingerprint density at radius 2 is 1.43 bits per heavy atom. The summed E-state index contributed by atoms with van der Waals surface area (Å²) in [5.74, 6) is -0.134. The fourth-order valence-corrected chi connectivity index (χ4v) is 15.7. The van der Waals surface area contributed by atoms with Crippen molar-refractivity contribution in [3.63, 3.8) is 0 Å². The predicted molar refractivity (Wildman–Crippen MR) is 70.6 cm³/mol. The van der Waals surface area contributed by atoms with Gasteiger partial charge in [-0.25, -0.2) is 0 Å². The monoisotopic (exact) mass is 250 g/mol. The van der Waals surface area contributed by atoms with Crippen LogP contribution >= 0.6 is 8.81 Å². The molecular formula is C9H23O2PSi2. The number of carbonyl (C=O) groups excluding carboxylic acids is 1. The van der Waals surface area contributed by atoms with Crippen LogP contribution in [0.15, 0.2) is 0 Å². The van der Waals surface area contributed by atoms with Crippen LogP contribution < -0.4 is 0 Å². The number of rotatable bonds is 4. The largest absolute Gasteiger partial charge is 0.449 e. The summed E-state index contributed by atoms with van der Waals surface area (Å²) in [6.07, 6.45) is 0. The van der Waals surface area contributed by atoms with E-state index in [4.69, 9.17) is 4.52 Å². The molecule has 0 spiro atoms. The molecule has 0 aromatic carbocycles. The smallest absolute Gasteiger partial charge is 0.304 e. The Labute approximate surface area is 91.7 Å². The van der Waals surface area contributed by atoms with E-state index >= 15 is 0 Å². The highest BCUT2D eigenvalue weighted by atomic mass is 31.1. The SMILES string of the molecule is CC(=O)OPC([Si](C)(C)C)[Si](C)(C)C. The average Bonchev–Trinajstić information content (AvgIpc) is 1.78. The Morgan fingerprint density at radius 3 is 1.64 bits per heavy atom. The zero-order valence-electron chi connectivity index (χ0n) is 10.4. The summed E-state index contributed by atoms with van der Waals surface area (Å²) in [7, 11) is -2.00. The Hall–Kier alpha value is 0.334. The van der Waals surface area contributed by atoms with Crippen molar-refractivity contribution in [3.8, 4) is 0 Å². The molecule has 14 heavy (non-hydrogen) atoms. The lowest BCUT2D eigenvalue weighted by Crippen LogP contribution is -2.51. The fourth-order valence-electron chi connectivity index (χ4n) is 1.79. The molecule has 0 heterocycles. The van der Waals surface area contributed by atoms with Crippen LogP contribution in [-0.4, -0.2) is 27.0 Å². The molecule has 0 saturated carbocycles. The van der Waals surface area contributed by atoms with Gasteiger partial charge in [0, 0.05) is 11.8 Å². The van der Waals surface area contributed by atoms with Crippen LogP contribution in [0.4, 0.5) is 0 Å². The van der Waals surface area contributed by atoms with Gasteiger partial charge in [-0.2, -0.15) is 0 Å². The minimum Gasteiger partial charge on any atom is -0.449 e. The first-order valence-electron chi connectivity index (χ1n) is 4.98. The summed E-state index contributed by atoms with van der Waals surface area (Å²) in [5, 5.41) is 0. The van der Waals surface area contributed by atoms with Crippen LogP contribution in [0.5, 0.6) is 0 Å². The van der Waals surface area contributed by atoms with Gasteiger partial charge in [0.05, 0.1) is 25.0 Å². The molecule has 0 aliphatic heterocycles. The van der Waals surface area contributed by atoms with Crippen molar-refractivity contribution >= 4 is 30.9 Å². The molecule has 0 saturated heterocycles. The van der Waals surface area contributed by atoms with Crippen molar-refractivity contribution in [1.29, 1.82) is 0 Å². The molecule has 0 aromatic heterocycles. The van der Waals surface area contributed by atoms with Crippen molar-refractivity contribution in [2.24, 2.45) is 0 Å². The third-order valence-electron chi connectivity index (χ3n) is 2.05. The van der Waals surface area contributed by atoms with Crippen molar-refractivity contribution in [1.82, 2.24) is 0 Å². The maximum atomic E-state index is 10.8. The van der Waals surface area contributed by atoms with Crippen molar-refractivity contribution < 1.29 is 9.32 Å². The molecule has 2 nitrogen and oxygen atoms in total. The highest BCUT2D eigenvalue weighted by molar-refractivity contribution is 7.45. The minimum absolute atomic E-state index is 0.134. The van der Waals surface area contributed by atoms with Crippen molar-refractivity contribution in [2.75, 3.05) is 0 Å². The fraction of sp³-hybridized carbons (Fsp3) is 0.889. The highest BCUT2D eigenvalue weighted by Gasteiger charge is 2.38. The number of hydrogen-bond donors (Lipinski definition) is 0. The normalized spacial score (nSPS) is 14.0. The zero-order chi connectivity index (χ0) is 11.6. The van der Waals surface area contributed by atoms with Gasteiger partial charge in [-0.15, -0.1) is 0 Å². The molecule has 0 aromatic rings. The van der Waals surface area contributed by atoms with E-state index in [-0.39, 0.29) is 5.97 Å². The molecule has 1 atom stereocenters. The van der Waals surface area contributed by atoms with Gasteiger partial charge in [0.1, 0.15) is 0 Å². The van der Waals surface area contributed by atoms with E-state index in [0.717, 1.165) is 0 Å². The van der Waals surface area contributed by atoms with Crippen LogP contribution in [0.3, 0.4) is 0 Å². The van der Waals surface area contributed by atoms with Crippen LogP contribution in [0.1, 0.15) is 6.92 Å². The summed E-state index contributed by atoms with van der Waals surface area (Å²) < 4.78 is 5.22. The Bertz CT molecular complexity index is 192. The predicted octanol–water partition coefficient (Wildman–Crippen LogP) is 3.27. The molecule has 0 radical (unpaired) electrons. The molecule has 0 aliphatic carbocycles. The lowest BCUT2D eigenvalue weighted by atomic mass is 10.9. The lowest BCUT2D eigenvalue weighted by molar-refractivity contribution is -0.130. The first kappa shape index (κ1) is 14.3. The maximum absolute atomic E-state index is 10.8. The van der Waals surface area contributed by atoms with Crippen LogP contribution in [0.2, 0.25) is 39.3 Å². The van der Waals surface area contributed by atoms with Gasteiger partial charge in [-0.1, -0.05) is 39.3 Å². The van der Waals surface area contributed by atoms with E-state index < -0.39 is 16.1 Å². The van der Waals surface area contributed by atoms with Crippen LogP contribution in [-0.2, 0) is 9.32 Å². The third kappa shape index (κ3) is 5.27. The minimum atomic E-state index is -1.19. The van der Waals surface area contributed by atoms with Gasteiger partial charge >= 0.3 is 5.97 Å². The zero-order valence-corrected chi connectivity index (χ0v) is 13.4. The van der Waals surface area contributed by atoms with Gasteiger partial charge < -0.3 is 4.52 Å². The van der Waals surface area contributed by atoms with Crippen LogP contribution in [0.25, 0.3) is 0 Å². The van der Waals surface area contributed by atoms with E-state index in [1.165, 1.54) is 6.92 Å². The molecule has 84 valence electrons. The second kappa shape index (κ2) is 4.91. The summed E-state index contributed by atoms with van der Waals surface area (Å²) in [5.41, 5.74) is 0. The van der Waals surface area contributed by atoms with E-state index in [1.54, 1.807) is 0 Å². The third-order valence-corrected chi connectivity index (χ3v) is 17.3. The topological polar surface area (TPSA) is 26.3 Å². The molecule has 0 rings (SSSR count). The molecule has 0 aliphatic rings. The van der Waals surface area contributed by atoms with Gasteiger partial charge in [0.2, 0.25) is 0 Å². The van der Waals surface area contributed by atoms with Crippen LogP contribution in [0, 0.1) is 0 Å². The Morgan fingerprint density at radius 1 is 1.07 bits per heavy atom. The van der Waals surface area contributed by atoms with E-state index in [2.05, 4.69) is 39.3 Å². The molecule has 0 fully saturated rings. The highest BCUT2D eigenvalue weighted by Crippen LogP contribution is 2.35. The first-order valence-corrected chi connectivity index (χ1v) is 13.1. The molecular weight excluding hydrogens is 227 g/mol. The second-order valence-corrected chi connectivity index (χ2v) is 19.2. The van der Waals surface area contributed by atoms with Crippen molar-refractivity contribution in [3.05, 3.63) is 0 Å². The standard InChI is InChI=1S/C9H23O2PSi2/c1-8(10)11-12-9(13(2,3)4)14(5,6)7/h9,12H,1-7H3. The average molecular weight is 250 g/mol. The lowest BCUT2D eigenvalue weighted by Gasteiger charge is -2.37.